The van der Waals surface area contributed by atoms with E-state index in [0.717, 1.165) is 40.9 Å². The minimum Gasteiger partial charge on any atom is -0.497 e. The number of hydrogen-bond donors (Lipinski definition) is 2. The summed E-state index contributed by atoms with van der Waals surface area (Å²) in [5.41, 5.74) is 2.94. The Morgan fingerprint density at radius 2 is 1.97 bits per heavy atom. The number of benzene rings is 2. The molecule has 1 atom stereocenters. The summed E-state index contributed by atoms with van der Waals surface area (Å²) in [4.78, 5) is 8.90. The summed E-state index contributed by atoms with van der Waals surface area (Å²) >= 11 is 6.24. The van der Waals surface area contributed by atoms with Gasteiger partial charge in [0.15, 0.2) is 5.82 Å². The van der Waals surface area contributed by atoms with Crippen LogP contribution in [0.15, 0.2) is 42.5 Å². The maximum absolute atomic E-state index is 10.6. The first-order chi connectivity index (χ1) is 14.6. The average Bonchev–Trinajstić information content (AvgIpc) is 3.12. The molecule has 0 aliphatic carbocycles. The minimum atomic E-state index is -5.08. The summed E-state index contributed by atoms with van der Waals surface area (Å²) in [5, 5.41) is 20.2. The Morgan fingerprint density at radius 3 is 2.61 bits per heavy atom. The third-order valence-electron chi connectivity index (χ3n) is 4.50. The van der Waals surface area contributed by atoms with Crippen molar-refractivity contribution in [2.45, 2.75) is 19.0 Å². The quantitative estimate of drug-likeness (QED) is 0.580. The van der Waals surface area contributed by atoms with Gasteiger partial charge in [0.2, 0.25) is 0 Å². The van der Waals surface area contributed by atoms with Crippen molar-refractivity contribution in [1.29, 1.82) is 0 Å². The lowest BCUT2D eigenvalue weighted by molar-refractivity contribution is -0.192. The number of alkyl halides is 3. The first kappa shape index (κ1) is 22.4. The summed E-state index contributed by atoms with van der Waals surface area (Å²) in [7, 11) is 1.66. The van der Waals surface area contributed by atoms with Gasteiger partial charge in [-0.2, -0.15) is 13.2 Å². The molecule has 0 unspecified atom stereocenters. The van der Waals surface area contributed by atoms with E-state index < -0.39 is 12.1 Å². The number of methoxy groups -OCH3 is 1. The van der Waals surface area contributed by atoms with E-state index in [1.807, 2.05) is 42.5 Å². The van der Waals surface area contributed by atoms with Crippen molar-refractivity contribution in [2.24, 2.45) is 0 Å². The Bertz CT molecular complexity index is 1100. The van der Waals surface area contributed by atoms with Crippen LogP contribution in [-0.4, -0.2) is 45.7 Å². The molecule has 2 heterocycles. The molecule has 2 aromatic carbocycles. The number of rotatable bonds is 2. The molecule has 0 saturated heterocycles. The molecule has 1 aliphatic heterocycles. The normalized spacial score (nSPS) is 14.8. The number of carbonyl (C=O) groups is 1. The number of nitrogens with zero attached hydrogens (tertiary/aromatic N) is 3. The predicted octanol–water partition coefficient (Wildman–Crippen LogP) is 4.76. The van der Waals surface area contributed by atoms with Crippen LogP contribution < -0.4 is 10.1 Å². The van der Waals surface area contributed by atoms with Gasteiger partial charge >= 0.3 is 12.1 Å². The van der Waals surface area contributed by atoms with Crippen LogP contribution in [0.5, 0.6) is 5.75 Å². The van der Waals surface area contributed by atoms with Crippen molar-refractivity contribution in [1.82, 2.24) is 14.8 Å². The first-order valence-corrected chi connectivity index (χ1v) is 9.43. The molecule has 2 N–H and O–H groups in total. The Balaban J connectivity index is 0.000000339. The zero-order valence-corrected chi connectivity index (χ0v) is 17.2. The van der Waals surface area contributed by atoms with Crippen molar-refractivity contribution in [3.8, 4) is 22.8 Å². The van der Waals surface area contributed by atoms with Gasteiger partial charge in [-0.25, -0.2) is 4.79 Å². The molecular formula is C20H18ClF3N4O3. The summed E-state index contributed by atoms with van der Waals surface area (Å²) in [5.74, 6) is -0.0456. The third-order valence-corrected chi connectivity index (χ3v) is 4.73. The highest BCUT2D eigenvalue weighted by Gasteiger charge is 2.38. The van der Waals surface area contributed by atoms with Crippen LogP contribution in [0, 0.1) is 0 Å². The van der Waals surface area contributed by atoms with E-state index in [0.29, 0.717) is 5.02 Å². The SMILES string of the molecule is COc1cccc(-c2nnc3n2-c2cc(Cl)ccc2NC[C@H]3C)c1.O=C(O)C(F)(F)F. The molecule has 0 fully saturated rings. The zero-order valence-electron chi connectivity index (χ0n) is 16.4. The lowest BCUT2D eigenvalue weighted by Crippen LogP contribution is -2.21. The standard InChI is InChI=1S/C18H17ClN4O.C2HF3O2/c1-11-10-20-15-7-6-13(19)9-16(15)23-17(11)21-22-18(23)12-4-3-5-14(8-12)24-2;3-2(4,5)1(6)7/h3-9,11,20H,10H2,1-2H3;(H,6,7)/t11-;/m1./s1. The van der Waals surface area contributed by atoms with Crippen molar-refractivity contribution in [2.75, 3.05) is 19.0 Å². The van der Waals surface area contributed by atoms with Crippen LogP contribution in [0.2, 0.25) is 5.02 Å². The van der Waals surface area contributed by atoms with Crippen LogP contribution in [0.3, 0.4) is 0 Å². The first-order valence-electron chi connectivity index (χ1n) is 9.05. The number of nitrogens with one attached hydrogen (secondary N) is 1. The summed E-state index contributed by atoms with van der Waals surface area (Å²) < 4.78 is 39.2. The summed E-state index contributed by atoms with van der Waals surface area (Å²) in [6.07, 6.45) is -5.08. The van der Waals surface area contributed by atoms with Gasteiger partial charge in [-0.3, -0.25) is 4.57 Å². The Kier molecular flexibility index (Phi) is 6.40. The van der Waals surface area contributed by atoms with Gasteiger partial charge < -0.3 is 15.2 Å². The van der Waals surface area contributed by atoms with Crippen LogP contribution in [0.1, 0.15) is 18.7 Å². The molecule has 164 valence electrons. The van der Waals surface area contributed by atoms with Gasteiger partial charge in [-0.1, -0.05) is 30.7 Å². The number of fused-ring (bicyclic) bond motifs is 3. The predicted molar refractivity (Wildman–Crippen MR) is 109 cm³/mol. The van der Waals surface area contributed by atoms with Crippen molar-refractivity contribution < 1.29 is 27.8 Å². The molecule has 3 aromatic rings. The molecule has 0 bridgehead atoms. The average molecular weight is 455 g/mol. The smallest absolute Gasteiger partial charge is 0.490 e. The fourth-order valence-corrected chi connectivity index (χ4v) is 3.16. The second-order valence-electron chi connectivity index (χ2n) is 6.70. The highest BCUT2D eigenvalue weighted by molar-refractivity contribution is 6.30. The number of aromatic nitrogens is 3. The molecule has 0 radical (unpaired) electrons. The summed E-state index contributed by atoms with van der Waals surface area (Å²) in [6.45, 7) is 2.93. The molecule has 11 heteroatoms. The molecule has 31 heavy (non-hydrogen) atoms. The Hall–Kier alpha value is -3.27. The Morgan fingerprint density at radius 1 is 1.26 bits per heavy atom. The van der Waals surface area contributed by atoms with E-state index in [-0.39, 0.29) is 5.92 Å². The third kappa shape index (κ3) is 4.91. The molecule has 0 amide bonds. The molecule has 4 rings (SSSR count). The second-order valence-corrected chi connectivity index (χ2v) is 7.13. The molecular weight excluding hydrogens is 437 g/mol. The van der Waals surface area contributed by atoms with E-state index in [1.54, 1.807) is 7.11 Å². The highest BCUT2D eigenvalue weighted by atomic mass is 35.5. The maximum Gasteiger partial charge on any atom is 0.490 e. The van der Waals surface area contributed by atoms with Gasteiger partial charge in [0.05, 0.1) is 18.5 Å². The molecule has 1 aliphatic rings. The maximum atomic E-state index is 10.6. The lowest BCUT2D eigenvalue weighted by atomic mass is 10.1. The molecule has 0 spiro atoms. The van der Waals surface area contributed by atoms with E-state index >= 15 is 0 Å². The van der Waals surface area contributed by atoms with Crippen LogP contribution in [-0.2, 0) is 4.79 Å². The number of carboxylic acid groups (broad SMARTS) is 1. The largest absolute Gasteiger partial charge is 0.497 e. The number of anilines is 1. The van der Waals surface area contributed by atoms with E-state index in [1.165, 1.54) is 0 Å². The van der Waals surface area contributed by atoms with Gasteiger partial charge in [0, 0.05) is 23.0 Å². The van der Waals surface area contributed by atoms with Gasteiger partial charge in [0.25, 0.3) is 0 Å². The number of aliphatic carboxylic acids is 1. The van der Waals surface area contributed by atoms with Crippen molar-refractivity contribution >= 4 is 23.3 Å². The van der Waals surface area contributed by atoms with E-state index in [4.69, 9.17) is 26.2 Å². The molecule has 0 saturated carbocycles. The number of halogens is 4. The van der Waals surface area contributed by atoms with Crippen LogP contribution >= 0.6 is 11.6 Å². The van der Waals surface area contributed by atoms with Gasteiger partial charge in [-0.05, 0) is 30.3 Å². The highest BCUT2D eigenvalue weighted by Crippen LogP contribution is 2.35. The Labute approximate surface area is 180 Å². The molecule has 1 aromatic heterocycles. The van der Waals surface area contributed by atoms with E-state index in [9.17, 15) is 13.2 Å². The fraction of sp³-hybridized carbons (Fsp3) is 0.250. The number of ether oxygens (including phenoxy) is 1. The van der Waals surface area contributed by atoms with Gasteiger partial charge in [0.1, 0.15) is 11.6 Å². The number of hydrogen-bond acceptors (Lipinski definition) is 5. The number of carboxylic acids is 1. The van der Waals surface area contributed by atoms with Crippen molar-refractivity contribution in [3.63, 3.8) is 0 Å². The van der Waals surface area contributed by atoms with Crippen LogP contribution in [0.4, 0.5) is 18.9 Å². The summed E-state index contributed by atoms with van der Waals surface area (Å²) in [6, 6.07) is 13.7. The second kappa shape index (κ2) is 8.84. The van der Waals surface area contributed by atoms with E-state index in [2.05, 4.69) is 27.0 Å². The molecule has 7 nitrogen and oxygen atoms in total. The zero-order chi connectivity index (χ0) is 22.8. The van der Waals surface area contributed by atoms with Crippen molar-refractivity contribution in [3.05, 3.63) is 53.3 Å². The minimum absolute atomic E-state index is 0.225. The topological polar surface area (TPSA) is 89.3 Å². The fourth-order valence-electron chi connectivity index (χ4n) is 3.00. The monoisotopic (exact) mass is 454 g/mol. The van der Waals surface area contributed by atoms with Crippen LogP contribution in [0.25, 0.3) is 17.1 Å². The van der Waals surface area contributed by atoms with Gasteiger partial charge in [-0.15, -0.1) is 10.2 Å². The lowest BCUT2D eigenvalue weighted by Gasteiger charge is -2.13.